The van der Waals surface area contributed by atoms with Crippen molar-refractivity contribution in [1.82, 2.24) is 10.2 Å². The first kappa shape index (κ1) is 22.8. The summed E-state index contributed by atoms with van der Waals surface area (Å²) in [5.74, 6) is 1.48. The number of morpholine rings is 1. The van der Waals surface area contributed by atoms with Crippen LogP contribution in [-0.2, 0) is 9.47 Å². The van der Waals surface area contributed by atoms with E-state index in [1.165, 1.54) is 0 Å². The predicted molar refractivity (Wildman–Crippen MR) is 117 cm³/mol. The first-order chi connectivity index (χ1) is 14.7. The lowest BCUT2D eigenvalue weighted by Crippen LogP contribution is -2.43. The number of anilines is 1. The van der Waals surface area contributed by atoms with Crippen molar-refractivity contribution in [2.24, 2.45) is 0 Å². The van der Waals surface area contributed by atoms with Gasteiger partial charge in [-0.05, 0) is 64.1 Å². The molecular formula is C23H31N3O5. The van der Waals surface area contributed by atoms with Crippen LogP contribution in [0.1, 0.15) is 48.7 Å². The number of amides is 2. The molecule has 168 valence electrons. The quantitative estimate of drug-likeness (QED) is 0.727. The van der Waals surface area contributed by atoms with E-state index in [1.54, 1.807) is 45.0 Å². The molecule has 8 heteroatoms. The van der Waals surface area contributed by atoms with Crippen molar-refractivity contribution in [3.8, 4) is 0 Å². The van der Waals surface area contributed by atoms with E-state index in [1.807, 2.05) is 19.1 Å². The molecule has 2 heterocycles. The van der Waals surface area contributed by atoms with E-state index in [2.05, 4.69) is 15.5 Å². The minimum absolute atomic E-state index is 0.0605. The molecule has 31 heavy (non-hydrogen) atoms. The smallest absolute Gasteiger partial charge is 0.412 e. The van der Waals surface area contributed by atoms with Crippen LogP contribution in [0.15, 0.2) is 40.8 Å². The number of ether oxygens (including phenoxy) is 2. The molecule has 8 nitrogen and oxygen atoms in total. The predicted octanol–water partition coefficient (Wildman–Crippen LogP) is 3.74. The Hall–Kier alpha value is -2.84. The monoisotopic (exact) mass is 429 g/mol. The molecule has 1 fully saturated rings. The third kappa shape index (κ3) is 6.83. The molecule has 1 saturated heterocycles. The van der Waals surface area contributed by atoms with Crippen LogP contribution in [0.25, 0.3) is 0 Å². The Morgan fingerprint density at radius 1 is 1.10 bits per heavy atom. The Labute approximate surface area is 182 Å². The summed E-state index contributed by atoms with van der Waals surface area (Å²) in [7, 11) is 0. The zero-order valence-corrected chi connectivity index (χ0v) is 18.6. The van der Waals surface area contributed by atoms with Crippen LogP contribution in [0.2, 0.25) is 0 Å². The first-order valence-electron chi connectivity index (χ1n) is 10.5. The summed E-state index contributed by atoms with van der Waals surface area (Å²) in [5.41, 5.74) is 0.488. The fourth-order valence-corrected chi connectivity index (χ4v) is 3.35. The highest BCUT2D eigenvalue weighted by Gasteiger charge is 2.26. The molecule has 1 aliphatic rings. The molecular weight excluding hydrogens is 398 g/mol. The summed E-state index contributed by atoms with van der Waals surface area (Å²) in [4.78, 5) is 26.8. The van der Waals surface area contributed by atoms with Crippen LogP contribution in [0.3, 0.4) is 0 Å². The number of aryl methyl sites for hydroxylation is 1. The van der Waals surface area contributed by atoms with Crippen LogP contribution in [-0.4, -0.2) is 55.3 Å². The van der Waals surface area contributed by atoms with Gasteiger partial charge in [-0.25, -0.2) is 4.79 Å². The van der Waals surface area contributed by atoms with E-state index < -0.39 is 11.7 Å². The van der Waals surface area contributed by atoms with Gasteiger partial charge in [0.15, 0.2) is 0 Å². The van der Waals surface area contributed by atoms with Gasteiger partial charge in [-0.1, -0.05) is 0 Å². The van der Waals surface area contributed by atoms with E-state index in [9.17, 15) is 9.59 Å². The summed E-state index contributed by atoms with van der Waals surface area (Å²) in [5, 5.41) is 5.66. The van der Waals surface area contributed by atoms with Gasteiger partial charge in [-0.3, -0.25) is 15.0 Å². The number of benzene rings is 1. The SMILES string of the molecule is Cc1ccc([C@H](CNC(=O)c2ccc(NC(=O)OC(C)(C)C)cc2)N2CCOCC2)o1. The Morgan fingerprint density at radius 2 is 1.77 bits per heavy atom. The topological polar surface area (TPSA) is 93.0 Å². The number of furan rings is 1. The number of hydrogen-bond donors (Lipinski definition) is 2. The van der Waals surface area contributed by atoms with Gasteiger partial charge < -0.3 is 19.2 Å². The van der Waals surface area contributed by atoms with Crippen molar-refractivity contribution in [2.75, 3.05) is 38.2 Å². The highest BCUT2D eigenvalue weighted by atomic mass is 16.6. The van der Waals surface area contributed by atoms with Crippen LogP contribution in [0.5, 0.6) is 0 Å². The first-order valence-corrected chi connectivity index (χ1v) is 10.5. The molecule has 0 unspecified atom stereocenters. The van der Waals surface area contributed by atoms with E-state index in [-0.39, 0.29) is 11.9 Å². The molecule has 1 aliphatic heterocycles. The summed E-state index contributed by atoms with van der Waals surface area (Å²) in [6.45, 7) is 10.6. The summed E-state index contributed by atoms with van der Waals surface area (Å²) in [6, 6.07) is 10.5. The second-order valence-corrected chi connectivity index (χ2v) is 8.53. The molecule has 1 aromatic carbocycles. The van der Waals surface area contributed by atoms with Crippen LogP contribution >= 0.6 is 0 Å². The van der Waals surface area contributed by atoms with Gasteiger partial charge in [0.2, 0.25) is 0 Å². The number of carbonyl (C=O) groups is 2. The Kier molecular flexibility index (Phi) is 7.35. The van der Waals surface area contributed by atoms with Gasteiger partial charge in [0.25, 0.3) is 5.91 Å². The maximum Gasteiger partial charge on any atom is 0.412 e. The number of nitrogens with zero attached hydrogens (tertiary/aromatic N) is 1. The summed E-state index contributed by atoms with van der Waals surface area (Å²) in [6.07, 6.45) is -0.535. The average Bonchev–Trinajstić information content (AvgIpc) is 3.14. The molecule has 0 spiro atoms. The van der Waals surface area contributed by atoms with Crippen LogP contribution in [0, 0.1) is 6.92 Å². The zero-order valence-electron chi connectivity index (χ0n) is 18.6. The lowest BCUT2D eigenvalue weighted by Gasteiger charge is -2.33. The van der Waals surface area contributed by atoms with Gasteiger partial charge in [-0.15, -0.1) is 0 Å². The number of carbonyl (C=O) groups excluding carboxylic acids is 2. The molecule has 2 amide bonds. The number of nitrogens with one attached hydrogen (secondary N) is 2. The third-order valence-corrected chi connectivity index (χ3v) is 4.82. The highest BCUT2D eigenvalue weighted by molar-refractivity contribution is 5.95. The Balaban J connectivity index is 1.59. The van der Waals surface area contributed by atoms with E-state index in [4.69, 9.17) is 13.9 Å². The summed E-state index contributed by atoms with van der Waals surface area (Å²) < 4.78 is 16.5. The third-order valence-electron chi connectivity index (χ3n) is 4.82. The second-order valence-electron chi connectivity index (χ2n) is 8.53. The maximum atomic E-state index is 12.7. The molecule has 0 aliphatic carbocycles. The fraction of sp³-hybridized carbons (Fsp3) is 0.478. The number of hydrogen-bond acceptors (Lipinski definition) is 6. The van der Waals surface area contributed by atoms with Gasteiger partial charge >= 0.3 is 6.09 Å². The fourth-order valence-electron chi connectivity index (χ4n) is 3.35. The van der Waals surface area contributed by atoms with Crippen molar-refractivity contribution < 1.29 is 23.5 Å². The molecule has 1 aromatic heterocycles. The minimum atomic E-state index is -0.576. The normalized spacial score (nSPS) is 15.9. The molecule has 0 radical (unpaired) electrons. The van der Waals surface area contributed by atoms with Gasteiger partial charge in [0.05, 0.1) is 19.3 Å². The largest absolute Gasteiger partial charge is 0.465 e. The molecule has 2 N–H and O–H groups in total. The van der Waals surface area contributed by atoms with Crippen LogP contribution < -0.4 is 10.6 Å². The standard InChI is InChI=1S/C23H31N3O5/c1-16-5-10-20(30-16)19(26-11-13-29-14-12-26)15-24-21(27)17-6-8-18(9-7-17)25-22(28)31-23(2,3)4/h5-10,19H,11-15H2,1-4H3,(H,24,27)(H,25,28)/t19-/m0/s1. The zero-order chi connectivity index (χ0) is 22.4. The van der Waals surface area contributed by atoms with Crippen molar-refractivity contribution in [2.45, 2.75) is 39.3 Å². The lowest BCUT2D eigenvalue weighted by molar-refractivity contribution is 0.0117. The van der Waals surface area contributed by atoms with Gasteiger partial charge in [-0.2, -0.15) is 0 Å². The van der Waals surface area contributed by atoms with Crippen molar-refractivity contribution in [3.05, 3.63) is 53.5 Å². The second kappa shape index (κ2) is 9.98. The molecule has 0 bridgehead atoms. The van der Waals surface area contributed by atoms with Gasteiger partial charge in [0, 0.05) is 30.9 Å². The Bertz CT molecular complexity index is 879. The van der Waals surface area contributed by atoms with Gasteiger partial charge in [0.1, 0.15) is 17.1 Å². The minimum Gasteiger partial charge on any atom is -0.465 e. The molecule has 2 aromatic rings. The van der Waals surface area contributed by atoms with Crippen molar-refractivity contribution in [1.29, 1.82) is 0 Å². The molecule has 3 rings (SSSR count). The highest BCUT2D eigenvalue weighted by Crippen LogP contribution is 2.23. The van der Waals surface area contributed by atoms with E-state index in [0.717, 1.165) is 24.6 Å². The average molecular weight is 430 g/mol. The number of rotatable bonds is 6. The van der Waals surface area contributed by atoms with Crippen LogP contribution in [0.4, 0.5) is 10.5 Å². The Morgan fingerprint density at radius 3 is 2.35 bits per heavy atom. The summed E-state index contributed by atoms with van der Waals surface area (Å²) >= 11 is 0. The van der Waals surface area contributed by atoms with Crippen molar-refractivity contribution >= 4 is 17.7 Å². The van der Waals surface area contributed by atoms with E-state index >= 15 is 0 Å². The lowest BCUT2D eigenvalue weighted by atomic mass is 10.1. The maximum absolute atomic E-state index is 12.7. The molecule has 1 atom stereocenters. The van der Waals surface area contributed by atoms with E-state index in [0.29, 0.717) is 31.0 Å². The molecule has 0 saturated carbocycles. The van der Waals surface area contributed by atoms with Crippen molar-refractivity contribution in [3.63, 3.8) is 0 Å².